The summed E-state index contributed by atoms with van der Waals surface area (Å²) in [4.78, 5) is 37.3. The van der Waals surface area contributed by atoms with E-state index < -0.39 is 0 Å². The number of rotatable bonds is 1. The third kappa shape index (κ3) is 2.11. The maximum absolute atomic E-state index is 11.9. The van der Waals surface area contributed by atoms with Gasteiger partial charge in [-0.05, 0) is 32.1 Å². The average molecular weight is 263 g/mol. The van der Waals surface area contributed by atoms with Crippen LogP contribution in [0.1, 0.15) is 37.3 Å². The van der Waals surface area contributed by atoms with Crippen molar-refractivity contribution in [2.75, 3.05) is 0 Å². The minimum absolute atomic E-state index is 0.00278. The number of hydrogen-bond donors (Lipinski definition) is 2. The van der Waals surface area contributed by atoms with Gasteiger partial charge in [-0.3, -0.25) is 19.1 Å². The first-order valence-electron chi connectivity index (χ1n) is 6.66. The number of nitrogens with one attached hydrogen (secondary N) is 2. The molecule has 102 valence electrons. The summed E-state index contributed by atoms with van der Waals surface area (Å²) in [6, 6.07) is -0.0495. The third-order valence-corrected chi connectivity index (χ3v) is 4.25. The Kier molecular flexibility index (Phi) is 2.80. The van der Waals surface area contributed by atoms with Crippen LogP contribution in [-0.4, -0.2) is 21.5 Å². The number of nitrogens with zero attached hydrogens (tertiary/aromatic N) is 1. The van der Waals surface area contributed by atoms with Gasteiger partial charge < -0.3 is 5.32 Å². The third-order valence-electron chi connectivity index (χ3n) is 4.25. The Morgan fingerprint density at radius 1 is 1.26 bits per heavy atom. The molecule has 2 fully saturated rings. The zero-order valence-electron chi connectivity index (χ0n) is 10.8. The van der Waals surface area contributed by atoms with Crippen molar-refractivity contribution in [1.29, 1.82) is 0 Å². The smallest absolute Gasteiger partial charge is 0.328 e. The lowest BCUT2D eigenvalue weighted by atomic mass is 9.77. The van der Waals surface area contributed by atoms with Crippen LogP contribution in [0.5, 0.6) is 0 Å². The highest BCUT2D eigenvalue weighted by Gasteiger charge is 2.37. The van der Waals surface area contributed by atoms with Crippen molar-refractivity contribution >= 4 is 5.91 Å². The number of hydrogen-bond acceptors (Lipinski definition) is 3. The number of aromatic amines is 1. The first-order chi connectivity index (χ1) is 9.04. The molecular formula is C13H17N3O3. The maximum Gasteiger partial charge on any atom is 0.328 e. The zero-order chi connectivity index (χ0) is 13.6. The molecule has 3 atom stereocenters. The Morgan fingerprint density at radius 3 is 2.84 bits per heavy atom. The van der Waals surface area contributed by atoms with Gasteiger partial charge in [-0.25, -0.2) is 4.79 Å². The monoisotopic (exact) mass is 263 g/mol. The van der Waals surface area contributed by atoms with E-state index in [2.05, 4.69) is 10.3 Å². The van der Waals surface area contributed by atoms with E-state index in [1.807, 2.05) is 0 Å². The molecule has 2 bridgehead atoms. The van der Waals surface area contributed by atoms with E-state index in [9.17, 15) is 14.4 Å². The molecule has 1 amide bonds. The van der Waals surface area contributed by atoms with Crippen LogP contribution >= 0.6 is 0 Å². The fraction of sp³-hybridized carbons (Fsp3) is 0.615. The van der Waals surface area contributed by atoms with Gasteiger partial charge in [0, 0.05) is 24.2 Å². The Morgan fingerprint density at radius 2 is 2.05 bits per heavy atom. The summed E-state index contributed by atoms with van der Waals surface area (Å²) >= 11 is 0. The molecule has 6 heteroatoms. The summed E-state index contributed by atoms with van der Waals surface area (Å²) in [5, 5.41) is 2.97. The molecule has 2 aliphatic rings. The fourth-order valence-corrected chi connectivity index (χ4v) is 3.28. The Bertz CT molecular complexity index is 631. The van der Waals surface area contributed by atoms with Gasteiger partial charge in [-0.15, -0.1) is 0 Å². The van der Waals surface area contributed by atoms with Crippen molar-refractivity contribution in [3.63, 3.8) is 0 Å². The molecule has 2 N–H and O–H groups in total. The number of carbonyl (C=O) groups excluding carboxylic acids is 1. The number of amides is 1. The van der Waals surface area contributed by atoms with Gasteiger partial charge >= 0.3 is 5.69 Å². The predicted molar refractivity (Wildman–Crippen MR) is 69.0 cm³/mol. The van der Waals surface area contributed by atoms with E-state index >= 15 is 0 Å². The maximum atomic E-state index is 11.9. The highest BCUT2D eigenvalue weighted by molar-refractivity contribution is 5.77. The minimum atomic E-state index is -0.390. The van der Waals surface area contributed by atoms with Gasteiger partial charge in [0.25, 0.3) is 5.56 Å². The molecule has 3 rings (SSSR count). The average Bonchev–Trinajstić information content (AvgIpc) is 2.34. The number of aryl methyl sites for hydroxylation is 1. The second kappa shape index (κ2) is 4.36. The fourth-order valence-electron chi connectivity index (χ4n) is 3.28. The summed E-state index contributed by atoms with van der Waals surface area (Å²) in [6.45, 7) is 1.68. The van der Waals surface area contributed by atoms with Crippen molar-refractivity contribution in [1.82, 2.24) is 14.9 Å². The van der Waals surface area contributed by atoms with Crippen LogP contribution in [0.3, 0.4) is 0 Å². The van der Waals surface area contributed by atoms with Gasteiger partial charge in [-0.2, -0.15) is 0 Å². The highest BCUT2D eigenvalue weighted by atomic mass is 16.2. The van der Waals surface area contributed by atoms with Crippen LogP contribution in [0.4, 0.5) is 0 Å². The van der Waals surface area contributed by atoms with Crippen LogP contribution < -0.4 is 16.6 Å². The molecule has 0 radical (unpaired) electrons. The van der Waals surface area contributed by atoms with Gasteiger partial charge in [0.15, 0.2) is 0 Å². The van der Waals surface area contributed by atoms with Gasteiger partial charge in [0.2, 0.25) is 5.91 Å². The molecule has 0 aromatic carbocycles. The molecular weight excluding hydrogens is 246 g/mol. The van der Waals surface area contributed by atoms with Gasteiger partial charge in [0.1, 0.15) is 0 Å². The molecule has 19 heavy (non-hydrogen) atoms. The van der Waals surface area contributed by atoms with E-state index in [1.165, 1.54) is 0 Å². The molecule has 1 saturated carbocycles. The first-order valence-corrected chi connectivity index (χ1v) is 6.66. The standard InChI is InChI=1S/C13H17N3O3/c1-7-6-16(13(19)15-12(7)18)10-3-2-8-4-9(10)14-11(17)5-8/h6,8-10H,2-5H2,1H3,(H,14,17)(H,15,18,19)/t8-,9-,10-/m0/s1. The molecule has 1 saturated heterocycles. The topological polar surface area (TPSA) is 84.0 Å². The van der Waals surface area contributed by atoms with E-state index in [1.54, 1.807) is 17.7 Å². The van der Waals surface area contributed by atoms with Gasteiger partial charge in [-0.1, -0.05) is 0 Å². The molecule has 2 heterocycles. The molecule has 0 unspecified atom stereocenters. The van der Waals surface area contributed by atoms with Crippen molar-refractivity contribution in [3.05, 3.63) is 32.6 Å². The van der Waals surface area contributed by atoms with Crippen LogP contribution in [0, 0.1) is 12.8 Å². The van der Waals surface area contributed by atoms with Crippen molar-refractivity contribution in [2.45, 2.75) is 44.7 Å². The number of piperidine rings is 1. The van der Waals surface area contributed by atoms with E-state index in [-0.39, 0.29) is 29.2 Å². The molecule has 1 aromatic heterocycles. The number of carbonyl (C=O) groups is 1. The Balaban J connectivity index is 1.98. The SMILES string of the molecule is Cc1cn([C@H]2CC[C@@H]3CC(=O)N[C@H]2C3)c(=O)[nH]c1=O. The molecule has 1 aliphatic carbocycles. The van der Waals surface area contributed by atoms with Crippen LogP contribution in [0.15, 0.2) is 15.8 Å². The molecule has 6 nitrogen and oxygen atoms in total. The number of fused-ring (bicyclic) bond motifs is 2. The zero-order valence-corrected chi connectivity index (χ0v) is 10.8. The lowest BCUT2D eigenvalue weighted by Crippen LogP contribution is -2.52. The summed E-state index contributed by atoms with van der Waals surface area (Å²) in [6.07, 6.45) is 4.94. The van der Waals surface area contributed by atoms with Crippen LogP contribution in [-0.2, 0) is 4.79 Å². The lowest BCUT2D eigenvalue weighted by Gasteiger charge is -2.40. The van der Waals surface area contributed by atoms with Crippen LogP contribution in [0.25, 0.3) is 0 Å². The molecule has 1 aliphatic heterocycles. The van der Waals surface area contributed by atoms with Crippen molar-refractivity contribution < 1.29 is 4.79 Å². The second-order valence-electron chi connectivity index (χ2n) is 5.60. The highest BCUT2D eigenvalue weighted by Crippen LogP contribution is 2.36. The van der Waals surface area contributed by atoms with E-state index in [0.717, 1.165) is 19.3 Å². The van der Waals surface area contributed by atoms with E-state index in [0.29, 0.717) is 17.9 Å². The largest absolute Gasteiger partial charge is 0.351 e. The second-order valence-corrected chi connectivity index (χ2v) is 5.60. The van der Waals surface area contributed by atoms with Crippen LogP contribution in [0.2, 0.25) is 0 Å². The quantitative estimate of drug-likeness (QED) is 0.752. The summed E-state index contributed by atoms with van der Waals surface area (Å²) in [5.41, 5.74) is -0.217. The van der Waals surface area contributed by atoms with Crippen molar-refractivity contribution in [3.8, 4) is 0 Å². The number of aromatic nitrogens is 2. The Labute approximate surface area is 109 Å². The van der Waals surface area contributed by atoms with Crippen molar-refractivity contribution in [2.24, 2.45) is 5.92 Å². The minimum Gasteiger partial charge on any atom is -0.351 e. The predicted octanol–water partition coefficient (Wildman–Crippen LogP) is 0.0747. The molecule has 1 aromatic rings. The Hall–Kier alpha value is -1.85. The summed E-state index contributed by atoms with van der Waals surface area (Å²) < 4.78 is 1.57. The normalized spacial score (nSPS) is 29.9. The first kappa shape index (κ1) is 12.2. The summed E-state index contributed by atoms with van der Waals surface area (Å²) in [7, 11) is 0. The lowest BCUT2D eigenvalue weighted by molar-refractivity contribution is -0.126. The van der Waals surface area contributed by atoms with E-state index in [4.69, 9.17) is 0 Å². The number of H-pyrrole nitrogens is 1. The summed E-state index contributed by atoms with van der Waals surface area (Å²) in [5.74, 6) is 0.509. The molecule has 0 spiro atoms. The van der Waals surface area contributed by atoms with Gasteiger partial charge in [0.05, 0.1) is 6.04 Å².